The summed E-state index contributed by atoms with van der Waals surface area (Å²) in [6, 6.07) is 0.405. The molecule has 0 aliphatic heterocycles. The summed E-state index contributed by atoms with van der Waals surface area (Å²) in [5.74, 6) is 0. The van der Waals surface area contributed by atoms with Gasteiger partial charge in [-0.15, -0.1) is 0 Å². The summed E-state index contributed by atoms with van der Waals surface area (Å²) in [6.45, 7) is -0.106. The highest BCUT2D eigenvalue weighted by Gasteiger charge is 2.40. The van der Waals surface area contributed by atoms with Gasteiger partial charge in [0.05, 0.1) is 12.2 Å². The van der Waals surface area contributed by atoms with E-state index in [1.807, 2.05) is 7.05 Å². The maximum Gasteiger partial charge on any atom is 0.0907 e. The van der Waals surface area contributed by atoms with E-state index in [0.717, 1.165) is 0 Å². The first-order valence-corrected chi connectivity index (χ1v) is 3.21. The molecule has 0 bridgehead atoms. The zero-order valence-electron chi connectivity index (χ0n) is 5.59. The van der Waals surface area contributed by atoms with Gasteiger partial charge in [0.15, 0.2) is 0 Å². The molecular formula is C6H13NO2. The third-order valence-electron chi connectivity index (χ3n) is 1.96. The largest absolute Gasteiger partial charge is 0.393 e. The highest BCUT2D eigenvalue weighted by molar-refractivity contribution is 4.97. The molecule has 0 atom stereocenters. The number of nitrogens with one attached hydrogen (secondary N) is 1. The summed E-state index contributed by atoms with van der Waals surface area (Å²) in [5.41, 5.74) is -0.770. The van der Waals surface area contributed by atoms with E-state index in [1.165, 1.54) is 0 Å². The molecule has 1 fully saturated rings. The van der Waals surface area contributed by atoms with Crippen molar-refractivity contribution in [2.75, 3.05) is 13.7 Å². The van der Waals surface area contributed by atoms with Crippen LogP contribution in [-0.4, -0.2) is 35.5 Å². The van der Waals surface area contributed by atoms with Crippen molar-refractivity contribution in [3.63, 3.8) is 0 Å². The van der Waals surface area contributed by atoms with E-state index in [9.17, 15) is 5.11 Å². The molecule has 3 N–H and O–H groups in total. The Bertz CT molecular complexity index is 99.2. The molecule has 1 aliphatic carbocycles. The summed E-state index contributed by atoms with van der Waals surface area (Å²) in [7, 11) is 1.86. The van der Waals surface area contributed by atoms with Crippen LogP contribution in [0.1, 0.15) is 12.8 Å². The Kier molecular flexibility index (Phi) is 1.75. The quantitative estimate of drug-likeness (QED) is 0.455. The maximum absolute atomic E-state index is 9.23. The average molecular weight is 131 g/mol. The van der Waals surface area contributed by atoms with E-state index in [-0.39, 0.29) is 6.61 Å². The topological polar surface area (TPSA) is 52.5 Å². The van der Waals surface area contributed by atoms with Gasteiger partial charge in [0, 0.05) is 6.04 Å². The molecule has 0 radical (unpaired) electrons. The van der Waals surface area contributed by atoms with Crippen molar-refractivity contribution in [1.82, 2.24) is 5.32 Å². The lowest BCUT2D eigenvalue weighted by molar-refractivity contribution is -0.0904. The van der Waals surface area contributed by atoms with Gasteiger partial charge >= 0.3 is 0 Å². The Labute approximate surface area is 54.7 Å². The molecule has 1 aliphatic rings. The highest BCUT2D eigenvalue weighted by Crippen LogP contribution is 2.30. The van der Waals surface area contributed by atoms with Gasteiger partial charge in [-0.1, -0.05) is 0 Å². The van der Waals surface area contributed by atoms with E-state index in [0.29, 0.717) is 18.9 Å². The van der Waals surface area contributed by atoms with Crippen molar-refractivity contribution >= 4 is 0 Å². The van der Waals surface area contributed by atoms with Gasteiger partial charge in [0.2, 0.25) is 0 Å². The van der Waals surface area contributed by atoms with Gasteiger partial charge in [0.1, 0.15) is 0 Å². The van der Waals surface area contributed by atoms with Gasteiger partial charge in [-0.3, -0.25) is 0 Å². The van der Waals surface area contributed by atoms with Crippen LogP contribution in [-0.2, 0) is 0 Å². The number of aliphatic hydroxyl groups excluding tert-OH is 1. The van der Waals surface area contributed by atoms with E-state index in [2.05, 4.69) is 5.32 Å². The summed E-state index contributed by atoms with van der Waals surface area (Å²) in [5, 5.41) is 20.8. The molecule has 1 saturated carbocycles. The van der Waals surface area contributed by atoms with Crippen LogP contribution in [0.25, 0.3) is 0 Å². The van der Waals surface area contributed by atoms with Crippen LogP contribution in [0.2, 0.25) is 0 Å². The van der Waals surface area contributed by atoms with Crippen molar-refractivity contribution in [2.45, 2.75) is 24.5 Å². The van der Waals surface area contributed by atoms with E-state index in [1.54, 1.807) is 0 Å². The summed E-state index contributed by atoms with van der Waals surface area (Å²) >= 11 is 0. The molecule has 9 heavy (non-hydrogen) atoms. The molecule has 1 rings (SSSR count). The van der Waals surface area contributed by atoms with Gasteiger partial charge in [0.25, 0.3) is 0 Å². The Balaban J connectivity index is 2.24. The number of hydrogen-bond donors (Lipinski definition) is 3. The summed E-state index contributed by atoms with van der Waals surface area (Å²) in [4.78, 5) is 0. The maximum atomic E-state index is 9.23. The zero-order chi connectivity index (χ0) is 6.91. The molecule has 0 unspecified atom stereocenters. The SMILES string of the molecule is CNC1CC(O)(CO)C1. The van der Waals surface area contributed by atoms with Crippen molar-refractivity contribution in [3.05, 3.63) is 0 Å². The minimum absolute atomic E-state index is 0.106. The van der Waals surface area contributed by atoms with Gasteiger partial charge < -0.3 is 15.5 Å². The average Bonchev–Trinajstić information content (AvgIpc) is 1.81. The lowest BCUT2D eigenvalue weighted by Gasteiger charge is -2.42. The van der Waals surface area contributed by atoms with Gasteiger partial charge in [-0.25, -0.2) is 0 Å². The Morgan fingerprint density at radius 1 is 1.67 bits per heavy atom. The fourth-order valence-electron chi connectivity index (χ4n) is 1.19. The van der Waals surface area contributed by atoms with Crippen molar-refractivity contribution in [3.8, 4) is 0 Å². The standard InChI is InChI=1S/C6H13NO2/c1-7-5-2-6(9,3-5)4-8/h5,7-9H,2-4H2,1H3. The summed E-state index contributed by atoms with van der Waals surface area (Å²) < 4.78 is 0. The Morgan fingerprint density at radius 2 is 2.22 bits per heavy atom. The highest BCUT2D eigenvalue weighted by atomic mass is 16.3. The monoisotopic (exact) mass is 131 g/mol. The van der Waals surface area contributed by atoms with Crippen LogP contribution in [0.3, 0.4) is 0 Å². The first kappa shape index (κ1) is 6.99. The second-order valence-corrected chi connectivity index (χ2v) is 2.78. The second-order valence-electron chi connectivity index (χ2n) is 2.78. The molecular weight excluding hydrogens is 118 g/mol. The van der Waals surface area contributed by atoms with Crippen LogP contribution >= 0.6 is 0 Å². The third-order valence-corrected chi connectivity index (χ3v) is 1.96. The first-order valence-electron chi connectivity index (χ1n) is 3.21. The van der Waals surface area contributed by atoms with Crippen LogP contribution in [0.4, 0.5) is 0 Å². The lowest BCUT2D eigenvalue weighted by atomic mass is 9.76. The number of rotatable bonds is 2. The minimum Gasteiger partial charge on any atom is -0.393 e. The van der Waals surface area contributed by atoms with E-state index in [4.69, 9.17) is 5.11 Å². The zero-order valence-corrected chi connectivity index (χ0v) is 5.59. The van der Waals surface area contributed by atoms with Crippen molar-refractivity contribution in [1.29, 1.82) is 0 Å². The molecule has 0 amide bonds. The van der Waals surface area contributed by atoms with Crippen molar-refractivity contribution in [2.24, 2.45) is 0 Å². The van der Waals surface area contributed by atoms with Gasteiger partial charge in [-0.2, -0.15) is 0 Å². The third kappa shape index (κ3) is 1.23. The Morgan fingerprint density at radius 3 is 2.56 bits per heavy atom. The second kappa shape index (κ2) is 2.25. The number of hydrogen-bond acceptors (Lipinski definition) is 3. The smallest absolute Gasteiger partial charge is 0.0907 e. The molecule has 0 aromatic carbocycles. The molecule has 0 aromatic rings. The van der Waals surface area contributed by atoms with Crippen LogP contribution in [0.15, 0.2) is 0 Å². The predicted octanol–water partition coefficient (Wildman–Crippen LogP) is -0.908. The molecule has 0 spiro atoms. The van der Waals surface area contributed by atoms with Crippen LogP contribution in [0.5, 0.6) is 0 Å². The fraction of sp³-hybridized carbons (Fsp3) is 1.00. The van der Waals surface area contributed by atoms with Crippen LogP contribution < -0.4 is 5.32 Å². The molecule has 0 heterocycles. The minimum atomic E-state index is -0.770. The lowest BCUT2D eigenvalue weighted by Crippen LogP contribution is -2.54. The summed E-state index contributed by atoms with van der Waals surface area (Å²) in [6.07, 6.45) is 1.36. The molecule has 3 nitrogen and oxygen atoms in total. The van der Waals surface area contributed by atoms with E-state index >= 15 is 0 Å². The predicted molar refractivity (Wildman–Crippen MR) is 34.1 cm³/mol. The molecule has 0 saturated heterocycles. The van der Waals surface area contributed by atoms with Gasteiger partial charge in [-0.05, 0) is 19.9 Å². The fourth-order valence-corrected chi connectivity index (χ4v) is 1.19. The Hall–Kier alpha value is -0.120. The molecule has 3 heteroatoms. The number of aliphatic hydroxyl groups is 2. The van der Waals surface area contributed by atoms with Crippen molar-refractivity contribution < 1.29 is 10.2 Å². The molecule has 0 aromatic heterocycles. The normalized spacial score (nSPS) is 42.3. The van der Waals surface area contributed by atoms with Crippen LogP contribution in [0, 0.1) is 0 Å². The van der Waals surface area contributed by atoms with E-state index < -0.39 is 5.60 Å². The first-order chi connectivity index (χ1) is 4.20. The molecule has 54 valence electrons.